The number of carboxylic acids is 1. The quantitative estimate of drug-likeness (QED) is 0.629. The molecule has 1 aromatic rings. The Kier molecular flexibility index (Phi) is 8.12. The zero-order chi connectivity index (χ0) is 15.7. The van der Waals surface area contributed by atoms with Gasteiger partial charge in [-0.05, 0) is 41.8 Å². The lowest BCUT2D eigenvalue weighted by Crippen LogP contribution is -2.26. The van der Waals surface area contributed by atoms with E-state index in [1.165, 1.54) is 0 Å². The van der Waals surface area contributed by atoms with Crippen molar-refractivity contribution in [1.82, 2.24) is 9.88 Å². The Labute approximate surface area is 133 Å². The minimum atomic E-state index is -0.729. The molecule has 1 heterocycles. The van der Waals surface area contributed by atoms with Gasteiger partial charge in [-0.1, -0.05) is 19.3 Å². The first-order chi connectivity index (χ1) is 10.0. The van der Waals surface area contributed by atoms with E-state index in [4.69, 9.17) is 5.11 Å². The van der Waals surface area contributed by atoms with Crippen LogP contribution in [0.25, 0.3) is 0 Å². The molecule has 0 aromatic carbocycles. The third-order valence-electron chi connectivity index (χ3n) is 3.29. The molecule has 0 saturated carbocycles. The molecule has 118 valence electrons. The van der Waals surface area contributed by atoms with Crippen molar-refractivity contribution in [3.63, 3.8) is 0 Å². The highest BCUT2D eigenvalue weighted by Gasteiger charge is 2.11. The van der Waals surface area contributed by atoms with Crippen LogP contribution in [0.2, 0.25) is 0 Å². The van der Waals surface area contributed by atoms with Gasteiger partial charge in [0.25, 0.3) is 5.91 Å². The van der Waals surface area contributed by atoms with Crippen molar-refractivity contribution in [2.24, 2.45) is 0 Å². The second-order valence-corrected chi connectivity index (χ2v) is 5.91. The molecule has 1 aromatic heterocycles. The van der Waals surface area contributed by atoms with E-state index in [9.17, 15) is 9.59 Å². The second kappa shape index (κ2) is 9.60. The fourth-order valence-corrected chi connectivity index (χ4v) is 2.61. The molecule has 0 fully saturated rings. The number of aliphatic carboxylic acids is 1. The third kappa shape index (κ3) is 6.80. The summed E-state index contributed by atoms with van der Waals surface area (Å²) in [7, 11) is 0. The van der Waals surface area contributed by atoms with E-state index in [1.54, 1.807) is 0 Å². The molecule has 0 aliphatic carbocycles. The lowest BCUT2D eigenvalue weighted by molar-refractivity contribution is -0.137. The number of rotatable bonds is 10. The highest BCUT2D eigenvalue weighted by atomic mass is 79.9. The number of carbonyl (C=O) groups is 2. The molecule has 1 amide bonds. The number of carbonyl (C=O) groups excluding carboxylic acids is 1. The van der Waals surface area contributed by atoms with Crippen molar-refractivity contribution in [2.45, 2.75) is 52.0 Å². The molecule has 0 atom stereocenters. The number of carboxylic acid groups (broad SMARTS) is 1. The molecule has 5 nitrogen and oxygen atoms in total. The van der Waals surface area contributed by atoms with Crippen LogP contribution in [0.3, 0.4) is 0 Å². The lowest BCUT2D eigenvalue weighted by Gasteiger charge is -2.07. The molecular formula is C15H23BrN2O3. The number of aromatic nitrogens is 1. The molecule has 0 unspecified atom stereocenters. The van der Waals surface area contributed by atoms with Gasteiger partial charge in [0.1, 0.15) is 5.69 Å². The van der Waals surface area contributed by atoms with Gasteiger partial charge >= 0.3 is 5.97 Å². The van der Waals surface area contributed by atoms with Gasteiger partial charge in [-0.2, -0.15) is 0 Å². The van der Waals surface area contributed by atoms with Crippen LogP contribution in [0, 0.1) is 0 Å². The summed E-state index contributed by atoms with van der Waals surface area (Å²) in [6.45, 7) is 3.42. The SMILES string of the molecule is CCn1cc(Br)cc1C(=O)NCCCCCCCC(=O)O. The zero-order valence-corrected chi connectivity index (χ0v) is 14.0. The van der Waals surface area contributed by atoms with Gasteiger partial charge in [-0.25, -0.2) is 0 Å². The molecule has 0 saturated heterocycles. The summed E-state index contributed by atoms with van der Waals surface area (Å²) in [6.07, 6.45) is 6.77. The van der Waals surface area contributed by atoms with Crippen LogP contribution in [-0.2, 0) is 11.3 Å². The second-order valence-electron chi connectivity index (χ2n) is 5.00. The smallest absolute Gasteiger partial charge is 0.303 e. The van der Waals surface area contributed by atoms with Crippen molar-refractivity contribution >= 4 is 27.8 Å². The van der Waals surface area contributed by atoms with E-state index in [0.717, 1.165) is 43.1 Å². The Hall–Kier alpha value is -1.30. The lowest BCUT2D eigenvalue weighted by atomic mass is 10.1. The Bertz CT molecular complexity index is 471. The topological polar surface area (TPSA) is 71.3 Å². The molecular weight excluding hydrogens is 336 g/mol. The number of unbranched alkanes of at least 4 members (excludes halogenated alkanes) is 4. The van der Waals surface area contributed by atoms with E-state index in [0.29, 0.717) is 12.2 Å². The molecule has 0 bridgehead atoms. The van der Waals surface area contributed by atoms with Gasteiger partial charge < -0.3 is 15.0 Å². The summed E-state index contributed by atoms with van der Waals surface area (Å²) in [5.41, 5.74) is 0.672. The average Bonchev–Trinajstić information content (AvgIpc) is 2.82. The summed E-state index contributed by atoms with van der Waals surface area (Å²) in [6, 6.07) is 1.82. The number of amides is 1. The Morgan fingerprint density at radius 2 is 1.90 bits per heavy atom. The predicted octanol–water partition coefficient (Wildman–Crippen LogP) is 3.43. The van der Waals surface area contributed by atoms with Crippen molar-refractivity contribution in [1.29, 1.82) is 0 Å². The van der Waals surface area contributed by atoms with Crippen molar-refractivity contribution in [3.05, 3.63) is 22.4 Å². The van der Waals surface area contributed by atoms with Crippen LogP contribution in [0.4, 0.5) is 0 Å². The minimum Gasteiger partial charge on any atom is -0.481 e. The highest BCUT2D eigenvalue weighted by Crippen LogP contribution is 2.15. The standard InChI is InChI=1S/C15H23BrN2O3/c1-2-18-11-12(16)10-13(18)15(21)17-9-7-5-3-4-6-8-14(19)20/h10-11H,2-9H2,1H3,(H,17,21)(H,19,20). The van der Waals surface area contributed by atoms with Gasteiger partial charge in [0.05, 0.1) is 0 Å². The first-order valence-corrected chi connectivity index (χ1v) is 8.19. The summed E-state index contributed by atoms with van der Waals surface area (Å²) in [4.78, 5) is 22.4. The van der Waals surface area contributed by atoms with Crippen LogP contribution in [0.1, 0.15) is 55.9 Å². The summed E-state index contributed by atoms with van der Waals surface area (Å²) in [5.74, 6) is -0.777. The predicted molar refractivity (Wildman–Crippen MR) is 85.5 cm³/mol. The molecule has 0 aliphatic rings. The van der Waals surface area contributed by atoms with Crippen LogP contribution in [-0.4, -0.2) is 28.1 Å². The number of halogens is 1. The maximum atomic E-state index is 12.0. The van der Waals surface area contributed by atoms with Crippen LogP contribution in [0.15, 0.2) is 16.7 Å². The monoisotopic (exact) mass is 358 g/mol. The number of nitrogens with one attached hydrogen (secondary N) is 1. The maximum absolute atomic E-state index is 12.0. The number of hydrogen-bond donors (Lipinski definition) is 2. The van der Waals surface area contributed by atoms with Gasteiger partial charge in [0.15, 0.2) is 0 Å². The fourth-order valence-electron chi connectivity index (χ4n) is 2.15. The Balaban J connectivity index is 2.15. The summed E-state index contributed by atoms with van der Waals surface area (Å²) >= 11 is 3.38. The third-order valence-corrected chi connectivity index (χ3v) is 3.72. The molecule has 0 radical (unpaired) electrons. The van der Waals surface area contributed by atoms with Gasteiger partial charge in [-0.3, -0.25) is 9.59 Å². The molecule has 21 heavy (non-hydrogen) atoms. The summed E-state index contributed by atoms with van der Waals surface area (Å²) in [5, 5.41) is 11.4. The first-order valence-electron chi connectivity index (χ1n) is 7.40. The molecule has 2 N–H and O–H groups in total. The van der Waals surface area contributed by atoms with Crippen molar-refractivity contribution in [3.8, 4) is 0 Å². The highest BCUT2D eigenvalue weighted by molar-refractivity contribution is 9.10. The fraction of sp³-hybridized carbons (Fsp3) is 0.600. The Morgan fingerprint density at radius 1 is 1.24 bits per heavy atom. The molecule has 0 spiro atoms. The van der Waals surface area contributed by atoms with Crippen LogP contribution in [0.5, 0.6) is 0 Å². The number of aryl methyl sites for hydroxylation is 1. The number of nitrogens with zero attached hydrogens (tertiary/aromatic N) is 1. The Morgan fingerprint density at radius 3 is 2.57 bits per heavy atom. The van der Waals surface area contributed by atoms with Crippen molar-refractivity contribution < 1.29 is 14.7 Å². The van der Waals surface area contributed by atoms with E-state index >= 15 is 0 Å². The average molecular weight is 359 g/mol. The van der Waals surface area contributed by atoms with Gasteiger partial charge in [0.2, 0.25) is 0 Å². The first kappa shape index (κ1) is 17.8. The summed E-state index contributed by atoms with van der Waals surface area (Å²) < 4.78 is 2.82. The zero-order valence-electron chi connectivity index (χ0n) is 12.4. The van der Waals surface area contributed by atoms with Gasteiger partial charge in [0, 0.05) is 30.2 Å². The van der Waals surface area contributed by atoms with E-state index < -0.39 is 5.97 Å². The van der Waals surface area contributed by atoms with Gasteiger partial charge in [-0.15, -0.1) is 0 Å². The van der Waals surface area contributed by atoms with E-state index in [-0.39, 0.29) is 12.3 Å². The minimum absolute atomic E-state index is 0.0478. The van der Waals surface area contributed by atoms with Crippen molar-refractivity contribution in [2.75, 3.05) is 6.54 Å². The molecule has 1 rings (SSSR count). The number of hydrogen-bond acceptors (Lipinski definition) is 2. The maximum Gasteiger partial charge on any atom is 0.303 e. The van der Waals surface area contributed by atoms with Crippen LogP contribution >= 0.6 is 15.9 Å². The molecule has 6 heteroatoms. The van der Waals surface area contributed by atoms with E-state index in [1.807, 2.05) is 23.8 Å². The normalized spacial score (nSPS) is 10.6. The molecule has 0 aliphatic heterocycles. The van der Waals surface area contributed by atoms with E-state index in [2.05, 4.69) is 21.2 Å². The largest absolute Gasteiger partial charge is 0.481 e. The van der Waals surface area contributed by atoms with Crippen LogP contribution < -0.4 is 5.32 Å².